The maximum atomic E-state index is 12.4. The molecule has 0 radical (unpaired) electrons. The summed E-state index contributed by atoms with van der Waals surface area (Å²) in [5.74, 6) is -0.959. The highest BCUT2D eigenvalue weighted by Gasteiger charge is 2.38. The number of piperidine rings is 1. The number of carbonyl (C=O) groups is 1. The lowest BCUT2D eigenvalue weighted by atomic mass is 9.95. The van der Waals surface area contributed by atoms with Gasteiger partial charge in [0.25, 0.3) is 5.91 Å². The second kappa shape index (κ2) is 6.11. The summed E-state index contributed by atoms with van der Waals surface area (Å²) in [4.78, 5) is 14.6. The molecule has 1 heterocycles. The molecule has 1 saturated heterocycles. The Morgan fingerprint density at radius 2 is 2.00 bits per heavy atom. The molecule has 114 valence electrons. The quantitative estimate of drug-likeness (QED) is 0.579. The number of thioether (sulfide) groups is 1. The average Bonchev–Trinajstić information content (AvgIpc) is 2.49. The van der Waals surface area contributed by atoms with Gasteiger partial charge < -0.3 is 20.8 Å². The molecular formula is C14H18N2O3S2. The number of hydrogen-bond acceptors (Lipinski definition) is 5. The number of rotatable bonds is 3. The largest absolute Gasteiger partial charge is 0.504 e. The number of benzene rings is 1. The second-order valence-electron chi connectivity index (χ2n) is 5.03. The van der Waals surface area contributed by atoms with Crippen LogP contribution in [0, 0.1) is 0 Å². The van der Waals surface area contributed by atoms with Gasteiger partial charge in [-0.05, 0) is 31.2 Å². The first-order valence-electron chi connectivity index (χ1n) is 6.56. The predicted molar refractivity (Wildman–Crippen MR) is 87.9 cm³/mol. The van der Waals surface area contributed by atoms with E-state index in [0.717, 1.165) is 0 Å². The van der Waals surface area contributed by atoms with Gasteiger partial charge in [-0.15, -0.1) is 0 Å². The standard InChI is InChI=1S/C14H18N2O3S2/c1-21-14(13(15)20)5-7-16(8-6-14)12(19)9-3-2-4-10(17)11(9)18/h2-4,17-18H,5-8H2,1H3,(H2,15,20). The molecule has 1 aromatic carbocycles. The molecule has 2 rings (SSSR count). The number of nitrogens with two attached hydrogens (primary N) is 1. The van der Waals surface area contributed by atoms with E-state index in [0.29, 0.717) is 30.9 Å². The molecule has 1 aliphatic rings. The fraction of sp³-hybridized carbons (Fsp3) is 0.429. The first-order chi connectivity index (χ1) is 9.91. The molecule has 0 aromatic heterocycles. The molecule has 1 fully saturated rings. The number of para-hydroxylation sites is 1. The summed E-state index contributed by atoms with van der Waals surface area (Å²) in [6.07, 6.45) is 3.35. The number of amides is 1. The molecule has 1 amide bonds. The molecule has 5 nitrogen and oxygen atoms in total. The van der Waals surface area contributed by atoms with Crippen LogP contribution in [0.4, 0.5) is 0 Å². The number of phenols is 2. The Kier molecular flexibility index (Phi) is 4.63. The first kappa shape index (κ1) is 15.9. The lowest BCUT2D eigenvalue weighted by Crippen LogP contribution is -2.50. The number of phenolic OH excluding ortho intramolecular Hbond substituents is 2. The molecule has 0 atom stereocenters. The summed E-state index contributed by atoms with van der Waals surface area (Å²) < 4.78 is -0.257. The summed E-state index contributed by atoms with van der Waals surface area (Å²) >= 11 is 6.77. The van der Waals surface area contributed by atoms with Crippen LogP contribution in [0.3, 0.4) is 0 Å². The van der Waals surface area contributed by atoms with Crippen molar-refractivity contribution in [1.82, 2.24) is 4.90 Å². The zero-order valence-corrected chi connectivity index (χ0v) is 13.3. The van der Waals surface area contributed by atoms with E-state index in [1.807, 2.05) is 6.26 Å². The van der Waals surface area contributed by atoms with Gasteiger partial charge in [0, 0.05) is 13.1 Å². The van der Waals surface area contributed by atoms with Crippen LogP contribution in [0.1, 0.15) is 23.2 Å². The summed E-state index contributed by atoms with van der Waals surface area (Å²) in [6.45, 7) is 1.04. The van der Waals surface area contributed by atoms with E-state index in [-0.39, 0.29) is 27.7 Å². The topological polar surface area (TPSA) is 86.8 Å². The van der Waals surface area contributed by atoms with Crippen LogP contribution in [0.25, 0.3) is 0 Å². The number of thiocarbonyl (C=S) groups is 1. The number of nitrogens with zero attached hydrogens (tertiary/aromatic N) is 1. The fourth-order valence-corrected chi connectivity index (χ4v) is 3.74. The van der Waals surface area contributed by atoms with Crippen LogP contribution in [-0.2, 0) is 0 Å². The van der Waals surface area contributed by atoms with E-state index in [4.69, 9.17) is 18.0 Å². The van der Waals surface area contributed by atoms with E-state index in [2.05, 4.69) is 0 Å². The van der Waals surface area contributed by atoms with Gasteiger partial charge in [0.1, 0.15) is 0 Å². The highest BCUT2D eigenvalue weighted by atomic mass is 32.2. The Balaban J connectivity index is 2.14. The van der Waals surface area contributed by atoms with Gasteiger partial charge in [0.2, 0.25) is 0 Å². The van der Waals surface area contributed by atoms with E-state index in [9.17, 15) is 15.0 Å². The predicted octanol–water partition coefficient (Wildman–Crippen LogP) is 1.72. The minimum Gasteiger partial charge on any atom is -0.504 e. The molecule has 0 bridgehead atoms. The van der Waals surface area contributed by atoms with Crippen molar-refractivity contribution >= 4 is 34.9 Å². The van der Waals surface area contributed by atoms with Crippen molar-refractivity contribution in [3.63, 3.8) is 0 Å². The zero-order valence-electron chi connectivity index (χ0n) is 11.7. The van der Waals surface area contributed by atoms with E-state index in [1.165, 1.54) is 18.2 Å². The maximum Gasteiger partial charge on any atom is 0.257 e. The van der Waals surface area contributed by atoms with Crippen LogP contribution in [0.15, 0.2) is 18.2 Å². The highest BCUT2D eigenvalue weighted by Crippen LogP contribution is 2.36. The highest BCUT2D eigenvalue weighted by molar-refractivity contribution is 8.02. The molecular weight excluding hydrogens is 308 g/mol. The third kappa shape index (κ3) is 2.94. The van der Waals surface area contributed by atoms with Crippen LogP contribution in [0.2, 0.25) is 0 Å². The van der Waals surface area contributed by atoms with Crippen molar-refractivity contribution in [2.24, 2.45) is 5.73 Å². The van der Waals surface area contributed by atoms with Gasteiger partial charge in [-0.1, -0.05) is 18.3 Å². The van der Waals surface area contributed by atoms with Crippen LogP contribution in [0.5, 0.6) is 11.5 Å². The first-order valence-corrected chi connectivity index (χ1v) is 8.20. The smallest absolute Gasteiger partial charge is 0.257 e. The monoisotopic (exact) mass is 326 g/mol. The van der Waals surface area contributed by atoms with Crippen molar-refractivity contribution < 1.29 is 15.0 Å². The van der Waals surface area contributed by atoms with Gasteiger partial charge in [-0.25, -0.2) is 0 Å². The number of hydrogen-bond donors (Lipinski definition) is 3. The van der Waals surface area contributed by atoms with E-state index >= 15 is 0 Å². The molecule has 0 spiro atoms. The lowest BCUT2D eigenvalue weighted by Gasteiger charge is -2.40. The van der Waals surface area contributed by atoms with E-state index < -0.39 is 0 Å². The van der Waals surface area contributed by atoms with Crippen LogP contribution in [-0.4, -0.2) is 50.1 Å². The third-order valence-corrected chi connectivity index (χ3v) is 5.87. The molecule has 1 aromatic rings. The maximum absolute atomic E-state index is 12.4. The Morgan fingerprint density at radius 1 is 1.38 bits per heavy atom. The lowest BCUT2D eigenvalue weighted by molar-refractivity contribution is 0.0715. The Bertz CT molecular complexity index is 569. The minimum absolute atomic E-state index is 0.113. The third-order valence-electron chi connectivity index (χ3n) is 3.94. The SMILES string of the molecule is CSC1(C(N)=S)CCN(C(=O)c2cccc(O)c2O)CC1. The van der Waals surface area contributed by atoms with E-state index in [1.54, 1.807) is 16.7 Å². The van der Waals surface area contributed by atoms with Crippen molar-refractivity contribution in [1.29, 1.82) is 0 Å². The van der Waals surface area contributed by atoms with Crippen molar-refractivity contribution in [3.8, 4) is 11.5 Å². The number of carbonyl (C=O) groups excluding carboxylic acids is 1. The fourth-order valence-electron chi connectivity index (χ4n) is 2.50. The Hall–Kier alpha value is -1.47. The van der Waals surface area contributed by atoms with Crippen LogP contribution >= 0.6 is 24.0 Å². The van der Waals surface area contributed by atoms with Gasteiger partial charge in [-0.2, -0.15) is 11.8 Å². The molecule has 21 heavy (non-hydrogen) atoms. The number of likely N-dealkylation sites (tertiary alicyclic amines) is 1. The van der Waals surface area contributed by atoms with Crippen molar-refractivity contribution in [2.45, 2.75) is 17.6 Å². The zero-order chi connectivity index (χ0) is 15.6. The van der Waals surface area contributed by atoms with Crippen LogP contribution < -0.4 is 5.73 Å². The van der Waals surface area contributed by atoms with Gasteiger partial charge in [0.15, 0.2) is 11.5 Å². The Morgan fingerprint density at radius 3 is 2.52 bits per heavy atom. The minimum atomic E-state index is -0.376. The summed E-state index contributed by atoms with van der Waals surface area (Å²) in [5, 5.41) is 19.3. The molecule has 4 N–H and O–H groups in total. The van der Waals surface area contributed by atoms with Gasteiger partial charge >= 0.3 is 0 Å². The molecule has 1 aliphatic heterocycles. The van der Waals surface area contributed by atoms with Crippen molar-refractivity contribution in [2.75, 3.05) is 19.3 Å². The second-order valence-corrected chi connectivity index (χ2v) is 6.66. The summed E-state index contributed by atoms with van der Waals surface area (Å²) in [6, 6.07) is 4.38. The summed E-state index contributed by atoms with van der Waals surface area (Å²) in [5.41, 5.74) is 5.94. The summed E-state index contributed by atoms with van der Waals surface area (Å²) in [7, 11) is 0. The van der Waals surface area contributed by atoms with Gasteiger partial charge in [-0.3, -0.25) is 4.79 Å². The Labute approximate surface area is 133 Å². The molecule has 0 saturated carbocycles. The van der Waals surface area contributed by atoms with Crippen molar-refractivity contribution in [3.05, 3.63) is 23.8 Å². The molecule has 0 aliphatic carbocycles. The molecule has 7 heteroatoms. The number of aromatic hydroxyl groups is 2. The molecule has 0 unspecified atom stereocenters. The van der Waals surface area contributed by atoms with Gasteiger partial charge in [0.05, 0.1) is 15.3 Å². The average molecular weight is 326 g/mol. The normalized spacial score (nSPS) is 17.5.